The Labute approximate surface area is 76.9 Å². The first kappa shape index (κ1) is 11.5. The van der Waals surface area contributed by atoms with Crippen LogP contribution in [0.3, 0.4) is 0 Å². The third kappa shape index (κ3) is 5.21. The highest BCUT2D eigenvalue weighted by molar-refractivity contribution is 4.85. The molecule has 12 heavy (non-hydrogen) atoms. The summed E-state index contributed by atoms with van der Waals surface area (Å²) >= 11 is 0. The monoisotopic (exact) mass is 167 g/mol. The molecule has 70 valence electrons. The first-order valence-electron chi connectivity index (χ1n) is 4.85. The number of nitrogens with one attached hydrogen (secondary N) is 1. The second-order valence-corrected chi connectivity index (χ2v) is 3.48. The van der Waals surface area contributed by atoms with Crippen LogP contribution < -0.4 is 5.32 Å². The summed E-state index contributed by atoms with van der Waals surface area (Å²) in [6, 6.07) is 0.607. The van der Waals surface area contributed by atoms with E-state index < -0.39 is 0 Å². The fourth-order valence-electron chi connectivity index (χ4n) is 1.29. The average molecular weight is 167 g/mol. The Hall–Kier alpha value is -0.480. The summed E-state index contributed by atoms with van der Waals surface area (Å²) in [7, 11) is 2.02. The van der Waals surface area contributed by atoms with Gasteiger partial charge in [-0.05, 0) is 25.8 Å². The molecule has 0 heterocycles. The normalized spacial score (nSPS) is 15.2. The van der Waals surface area contributed by atoms with Gasteiger partial charge >= 0.3 is 0 Å². The van der Waals surface area contributed by atoms with Crippen molar-refractivity contribution in [2.24, 2.45) is 5.92 Å². The highest BCUT2D eigenvalue weighted by Gasteiger charge is 2.08. The molecule has 0 aliphatic heterocycles. The Morgan fingerprint density at radius 3 is 2.58 bits per heavy atom. The van der Waals surface area contributed by atoms with Gasteiger partial charge in [0.2, 0.25) is 0 Å². The zero-order valence-corrected chi connectivity index (χ0v) is 8.56. The van der Waals surface area contributed by atoms with Gasteiger partial charge in [-0.25, -0.2) is 0 Å². The van der Waals surface area contributed by atoms with Crippen molar-refractivity contribution in [1.82, 2.24) is 5.32 Å². The maximum Gasteiger partial charge on any atom is 0.0101 e. The topological polar surface area (TPSA) is 12.0 Å². The molecule has 0 aliphatic carbocycles. The van der Waals surface area contributed by atoms with Crippen molar-refractivity contribution in [2.45, 2.75) is 45.6 Å². The van der Waals surface area contributed by atoms with Gasteiger partial charge in [0.25, 0.3) is 0 Å². The van der Waals surface area contributed by atoms with Crippen LogP contribution in [0.5, 0.6) is 0 Å². The quantitative estimate of drug-likeness (QED) is 0.599. The van der Waals surface area contributed by atoms with Crippen LogP contribution in [0.15, 0.2) is 0 Å². The summed E-state index contributed by atoms with van der Waals surface area (Å²) in [5.74, 6) is 3.49. The zero-order chi connectivity index (χ0) is 9.40. The van der Waals surface area contributed by atoms with E-state index in [9.17, 15) is 0 Å². The van der Waals surface area contributed by atoms with E-state index in [2.05, 4.69) is 25.1 Å². The van der Waals surface area contributed by atoms with Crippen molar-refractivity contribution in [3.05, 3.63) is 0 Å². The second kappa shape index (κ2) is 7.18. The molecule has 2 unspecified atom stereocenters. The molecule has 0 fully saturated rings. The summed E-state index contributed by atoms with van der Waals surface area (Å²) in [6.07, 6.45) is 9.72. The molecular weight excluding hydrogens is 146 g/mol. The third-order valence-corrected chi connectivity index (χ3v) is 2.43. The van der Waals surface area contributed by atoms with Crippen LogP contribution >= 0.6 is 0 Å². The van der Waals surface area contributed by atoms with Gasteiger partial charge in [-0.2, -0.15) is 0 Å². The lowest BCUT2D eigenvalue weighted by atomic mass is 9.96. The standard InChI is InChI=1S/C11H21N/c1-5-7-8-11(12-4)9-10(3)6-2/h1,10-12H,6-9H2,2-4H3. The summed E-state index contributed by atoms with van der Waals surface area (Å²) in [5.41, 5.74) is 0. The average Bonchev–Trinajstić information content (AvgIpc) is 2.11. The van der Waals surface area contributed by atoms with Crippen molar-refractivity contribution in [3.8, 4) is 12.3 Å². The minimum atomic E-state index is 0.607. The van der Waals surface area contributed by atoms with E-state index in [0.717, 1.165) is 18.8 Å². The molecule has 0 aromatic heterocycles. The molecule has 0 aliphatic rings. The lowest BCUT2D eigenvalue weighted by Crippen LogP contribution is -2.26. The molecule has 1 nitrogen and oxygen atoms in total. The summed E-state index contributed by atoms with van der Waals surface area (Å²) in [4.78, 5) is 0. The Morgan fingerprint density at radius 2 is 2.17 bits per heavy atom. The predicted octanol–water partition coefficient (Wildman–Crippen LogP) is 2.42. The smallest absolute Gasteiger partial charge is 0.0101 e. The van der Waals surface area contributed by atoms with Gasteiger partial charge in [0.1, 0.15) is 0 Å². The van der Waals surface area contributed by atoms with Crippen molar-refractivity contribution in [3.63, 3.8) is 0 Å². The molecule has 2 atom stereocenters. The van der Waals surface area contributed by atoms with Crippen LogP contribution in [-0.2, 0) is 0 Å². The zero-order valence-electron chi connectivity index (χ0n) is 8.56. The summed E-state index contributed by atoms with van der Waals surface area (Å²) in [5, 5.41) is 3.31. The van der Waals surface area contributed by atoms with Crippen LogP contribution in [0.25, 0.3) is 0 Å². The van der Waals surface area contributed by atoms with Gasteiger partial charge in [0.15, 0.2) is 0 Å². The minimum absolute atomic E-state index is 0.607. The summed E-state index contributed by atoms with van der Waals surface area (Å²) < 4.78 is 0. The van der Waals surface area contributed by atoms with Gasteiger partial charge in [0.05, 0.1) is 0 Å². The maximum atomic E-state index is 5.22. The number of hydrogen-bond donors (Lipinski definition) is 1. The SMILES string of the molecule is C#CCCC(CC(C)CC)NC. The molecule has 0 spiro atoms. The van der Waals surface area contributed by atoms with Gasteiger partial charge in [-0.1, -0.05) is 20.3 Å². The van der Waals surface area contributed by atoms with Gasteiger partial charge in [0, 0.05) is 12.5 Å². The Kier molecular flexibility index (Phi) is 6.90. The van der Waals surface area contributed by atoms with Gasteiger partial charge in [-0.15, -0.1) is 12.3 Å². The lowest BCUT2D eigenvalue weighted by molar-refractivity contribution is 0.398. The molecule has 0 radical (unpaired) electrons. The van der Waals surface area contributed by atoms with E-state index in [1.165, 1.54) is 12.8 Å². The Balaban J connectivity index is 3.60. The maximum absolute atomic E-state index is 5.22. The van der Waals surface area contributed by atoms with Crippen LogP contribution in [0.2, 0.25) is 0 Å². The molecule has 0 rings (SSSR count). The molecule has 1 heteroatoms. The van der Waals surface area contributed by atoms with Gasteiger partial charge < -0.3 is 5.32 Å². The van der Waals surface area contributed by atoms with E-state index in [4.69, 9.17) is 6.42 Å². The molecule has 0 bridgehead atoms. The fourth-order valence-corrected chi connectivity index (χ4v) is 1.29. The van der Waals surface area contributed by atoms with E-state index in [1.807, 2.05) is 7.05 Å². The Bertz CT molecular complexity index is 134. The van der Waals surface area contributed by atoms with Crippen LogP contribution in [0.1, 0.15) is 39.5 Å². The number of rotatable bonds is 6. The second-order valence-electron chi connectivity index (χ2n) is 3.48. The van der Waals surface area contributed by atoms with Crippen LogP contribution in [0, 0.1) is 18.3 Å². The number of terminal acetylenes is 1. The Morgan fingerprint density at radius 1 is 1.50 bits per heavy atom. The van der Waals surface area contributed by atoms with Crippen molar-refractivity contribution in [1.29, 1.82) is 0 Å². The molecule has 0 aromatic carbocycles. The summed E-state index contributed by atoms with van der Waals surface area (Å²) in [6.45, 7) is 4.53. The predicted molar refractivity (Wildman–Crippen MR) is 55.0 cm³/mol. The van der Waals surface area contributed by atoms with E-state index >= 15 is 0 Å². The molecule has 0 amide bonds. The molecule has 0 saturated heterocycles. The largest absolute Gasteiger partial charge is 0.317 e. The van der Waals surface area contributed by atoms with Crippen molar-refractivity contribution < 1.29 is 0 Å². The van der Waals surface area contributed by atoms with Crippen LogP contribution in [0.4, 0.5) is 0 Å². The lowest BCUT2D eigenvalue weighted by Gasteiger charge is -2.18. The minimum Gasteiger partial charge on any atom is -0.317 e. The molecular formula is C11H21N. The van der Waals surface area contributed by atoms with E-state index in [1.54, 1.807) is 0 Å². The first-order chi connectivity index (χ1) is 5.74. The third-order valence-electron chi connectivity index (χ3n) is 2.43. The molecule has 1 N–H and O–H groups in total. The van der Waals surface area contributed by atoms with Crippen molar-refractivity contribution >= 4 is 0 Å². The van der Waals surface area contributed by atoms with E-state index in [0.29, 0.717) is 6.04 Å². The number of hydrogen-bond acceptors (Lipinski definition) is 1. The highest BCUT2D eigenvalue weighted by Crippen LogP contribution is 2.12. The van der Waals surface area contributed by atoms with Crippen LogP contribution in [-0.4, -0.2) is 13.1 Å². The highest BCUT2D eigenvalue weighted by atomic mass is 14.9. The molecule has 0 aromatic rings. The fraction of sp³-hybridized carbons (Fsp3) is 0.818. The van der Waals surface area contributed by atoms with Gasteiger partial charge in [-0.3, -0.25) is 0 Å². The molecule has 0 saturated carbocycles. The van der Waals surface area contributed by atoms with E-state index in [-0.39, 0.29) is 0 Å². The first-order valence-corrected chi connectivity index (χ1v) is 4.85. The van der Waals surface area contributed by atoms with Crippen molar-refractivity contribution in [2.75, 3.05) is 7.05 Å².